The molecule has 0 spiro atoms. The lowest BCUT2D eigenvalue weighted by molar-refractivity contribution is -0.115. The number of hydrogen-bond donors (Lipinski definition) is 1. The number of hydrogen-bond acceptors (Lipinski definition) is 6. The van der Waals surface area contributed by atoms with Gasteiger partial charge in [-0.15, -0.1) is 22.0 Å². The number of thioether (sulfide) groups is 2. The van der Waals surface area contributed by atoms with Crippen LogP contribution in [0.1, 0.15) is 25.7 Å². The molecule has 0 fully saturated rings. The van der Waals surface area contributed by atoms with Crippen molar-refractivity contribution >= 4 is 46.7 Å². The summed E-state index contributed by atoms with van der Waals surface area (Å²) in [4.78, 5) is 16.0. The first-order valence-electron chi connectivity index (χ1n) is 9.80. The maximum Gasteiger partial charge on any atom is 0.237 e. The molecule has 3 aromatic rings. The summed E-state index contributed by atoms with van der Waals surface area (Å²) >= 11 is 9.06. The Labute approximate surface area is 196 Å². The standard InChI is InChI=1S/C22H26ClN5OS2/c1-14(27(3)4)20-25-26-22(28(20)17-12-10-16(23)11-13-17)31-15(2)21(29)24-18-8-6-7-9-19(18)30-5/h6-15H,1-5H3,(H,24,29). The van der Waals surface area contributed by atoms with Crippen molar-refractivity contribution in [3.63, 3.8) is 0 Å². The fourth-order valence-electron chi connectivity index (χ4n) is 2.89. The average Bonchev–Trinajstić information content (AvgIpc) is 3.17. The van der Waals surface area contributed by atoms with E-state index < -0.39 is 0 Å². The van der Waals surface area contributed by atoms with Crippen LogP contribution in [-0.4, -0.2) is 51.2 Å². The third kappa shape index (κ3) is 5.63. The fraction of sp³-hybridized carbons (Fsp3) is 0.318. The molecule has 0 aliphatic heterocycles. The third-order valence-electron chi connectivity index (χ3n) is 4.91. The second kappa shape index (κ2) is 10.5. The van der Waals surface area contributed by atoms with Gasteiger partial charge in [-0.25, -0.2) is 0 Å². The molecule has 2 unspecified atom stereocenters. The number of nitrogens with one attached hydrogen (secondary N) is 1. The minimum atomic E-state index is -0.368. The Bertz CT molecular complexity index is 1040. The number of rotatable bonds is 8. The first-order valence-corrected chi connectivity index (χ1v) is 12.3. The molecule has 0 aliphatic rings. The SMILES string of the molecule is CSc1ccccc1NC(=O)C(C)Sc1nnc(C(C)N(C)C)n1-c1ccc(Cl)cc1. The molecule has 31 heavy (non-hydrogen) atoms. The third-order valence-corrected chi connectivity index (χ3v) is 7.00. The molecule has 0 aliphatic carbocycles. The smallest absolute Gasteiger partial charge is 0.237 e. The normalized spacial score (nSPS) is 13.3. The predicted octanol–water partition coefficient (Wildman–Crippen LogP) is 5.38. The van der Waals surface area contributed by atoms with Crippen LogP contribution in [0.4, 0.5) is 5.69 Å². The summed E-state index contributed by atoms with van der Waals surface area (Å²) in [5.41, 5.74) is 1.72. The highest BCUT2D eigenvalue weighted by molar-refractivity contribution is 8.00. The summed E-state index contributed by atoms with van der Waals surface area (Å²) in [6.07, 6.45) is 1.99. The van der Waals surface area contributed by atoms with E-state index >= 15 is 0 Å². The molecule has 0 saturated carbocycles. The quantitative estimate of drug-likeness (QED) is 0.441. The molecule has 6 nitrogen and oxygen atoms in total. The van der Waals surface area contributed by atoms with E-state index in [-0.39, 0.29) is 17.2 Å². The first-order chi connectivity index (χ1) is 14.8. The van der Waals surface area contributed by atoms with Gasteiger partial charge >= 0.3 is 0 Å². The van der Waals surface area contributed by atoms with Gasteiger partial charge in [0, 0.05) is 15.6 Å². The number of halogens is 1. The van der Waals surface area contributed by atoms with Crippen molar-refractivity contribution in [3.8, 4) is 5.69 Å². The fourth-order valence-corrected chi connectivity index (χ4v) is 4.44. The lowest BCUT2D eigenvalue weighted by atomic mass is 10.2. The minimum Gasteiger partial charge on any atom is -0.324 e. The lowest BCUT2D eigenvalue weighted by Gasteiger charge is -2.21. The zero-order valence-corrected chi connectivity index (χ0v) is 20.6. The first kappa shape index (κ1) is 23.7. The van der Waals surface area contributed by atoms with E-state index in [0.717, 1.165) is 22.1 Å². The molecular weight excluding hydrogens is 450 g/mol. The van der Waals surface area contributed by atoms with Gasteiger partial charge in [0.05, 0.1) is 17.0 Å². The Morgan fingerprint density at radius 1 is 1.10 bits per heavy atom. The van der Waals surface area contributed by atoms with Crippen LogP contribution in [0, 0.1) is 0 Å². The van der Waals surface area contributed by atoms with Crippen LogP contribution < -0.4 is 5.32 Å². The van der Waals surface area contributed by atoms with Crippen LogP contribution in [0.15, 0.2) is 58.6 Å². The van der Waals surface area contributed by atoms with Crippen molar-refractivity contribution in [2.45, 2.75) is 35.2 Å². The highest BCUT2D eigenvalue weighted by Crippen LogP contribution is 2.31. The van der Waals surface area contributed by atoms with Gasteiger partial charge in [0.2, 0.25) is 5.91 Å². The Hall–Kier alpha value is -2.00. The van der Waals surface area contributed by atoms with Crippen LogP contribution in [0.25, 0.3) is 5.69 Å². The van der Waals surface area contributed by atoms with Crippen LogP contribution in [0.2, 0.25) is 5.02 Å². The second-order valence-electron chi connectivity index (χ2n) is 7.24. The number of benzene rings is 2. The van der Waals surface area contributed by atoms with E-state index in [1.807, 2.05) is 80.4 Å². The molecular formula is C22H26ClN5OS2. The lowest BCUT2D eigenvalue weighted by Crippen LogP contribution is -2.23. The summed E-state index contributed by atoms with van der Waals surface area (Å²) in [6.45, 7) is 3.94. The van der Waals surface area contributed by atoms with E-state index in [4.69, 9.17) is 11.6 Å². The monoisotopic (exact) mass is 475 g/mol. The van der Waals surface area contributed by atoms with Crippen LogP contribution >= 0.6 is 35.1 Å². The summed E-state index contributed by atoms with van der Waals surface area (Å²) in [6, 6.07) is 15.4. The molecule has 0 radical (unpaired) electrons. The van der Waals surface area contributed by atoms with Gasteiger partial charge in [-0.1, -0.05) is 35.5 Å². The average molecular weight is 476 g/mol. The van der Waals surface area contributed by atoms with Crippen LogP contribution in [0.3, 0.4) is 0 Å². The molecule has 164 valence electrons. The number of carbonyl (C=O) groups is 1. The van der Waals surface area contributed by atoms with Gasteiger partial charge in [-0.3, -0.25) is 14.3 Å². The number of aromatic nitrogens is 3. The predicted molar refractivity (Wildman–Crippen MR) is 131 cm³/mol. The Balaban J connectivity index is 1.88. The Morgan fingerprint density at radius 2 is 1.77 bits per heavy atom. The molecule has 0 saturated heterocycles. The van der Waals surface area contributed by atoms with E-state index in [1.54, 1.807) is 11.8 Å². The van der Waals surface area contributed by atoms with Gasteiger partial charge < -0.3 is 5.32 Å². The Kier molecular flexibility index (Phi) is 8.05. The van der Waals surface area contributed by atoms with Crippen molar-refractivity contribution in [2.75, 3.05) is 25.7 Å². The second-order valence-corrected chi connectivity index (χ2v) is 9.83. The molecule has 3 rings (SSSR count). The maximum absolute atomic E-state index is 12.9. The number of nitrogens with zero attached hydrogens (tertiary/aromatic N) is 4. The van der Waals surface area contributed by atoms with Crippen molar-refractivity contribution < 1.29 is 4.79 Å². The highest BCUT2D eigenvalue weighted by Gasteiger charge is 2.24. The van der Waals surface area contributed by atoms with Gasteiger partial charge in [-0.05, 0) is 70.6 Å². The largest absolute Gasteiger partial charge is 0.324 e. The molecule has 2 aromatic carbocycles. The summed E-state index contributed by atoms with van der Waals surface area (Å²) in [5.74, 6) is 0.717. The number of amides is 1. The minimum absolute atomic E-state index is 0.0371. The summed E-state index contributed by atoms with van der Waals surface area (Å²) in [7, 11) is 4.00. The zero-order chi connectivity index (χ0) is 22.5. The molecule has 0 bridgehead atoms. The van der Waals surface area contributed by atoms with E-state index in [2.05, 4.69) is 27.3 Å². The van der Waals surface area contributed by atoms with Crippen molar-refractivity contribution in [1.82, 2.24) is 19.7 Å². The van der Waals surface area contributed by atoms with Crippen LogP contribution in [0.5, 0.6) is 0 Å². The van der Waals surface area contributed by atoms with Gasteiger partial charge in [0.15, 0.2) is 11.0 Å². The van der Waals surface area contributed by atoms with Crippen molar-refractivity contribution in [3.05, 3.63) is 59.4 Å². The summed E-state index contributed by atoms with van der Waals surface area (Å²) in [5, 5.41) is 12.8. The van der Waals surface area contributed by atoms with Gasteiger partial charge in [-0.2, -0.15) is 0 Å². The topological polar surface area (TPSA) is 63.1 Å². The van der Waals surface area contributed by atoms with Crippen molar-refractivity contribution in [1.29, 1.82) is 0 Å². The molecule has 9 heteroatoms. The molecule has 1 aromatic heterocycles. The molecule has 2 atom stereocenters. The zero-order valence-electron chi connectivity index (χ0n) is 18.2. The van der Waals surface area contributed by atoms with E-state index in [9.17, 15) is 4.79 Å². The molecule has 1 heterocycles. The van der Waals surface area contributed by atoms with Crippen molar-refractivity contribution in [2.24, 2.45) is 0 Å². The Morgan fingerprint density at radius 3 is 2.42 bits per heavy atom. The van der Waals surface area contributed by atoms with Gasteiger partial charge in [0.25, 0.3) is 0 Å². The van der Waals surface area contributed by atoms with Crippen LogP contribution in [-0.2, 0) is 4.79 Å². The number of anilines is 1. The molecule has 1 N–H and O–H groups in total. The van der Waals surface area contributed by atoms with E-state index in [0.29, 0.717) is 10.2 Å². The van der Waals surface area contributed by atoms with E-state index in [1.165, 1.54) is 11.8 Å². The van der Waals surface area contributed by atoms with Gasteiger partial charge in [0.1, 0.15) is 0 Å². The number of carbonyl (C=O) groups excluding carboxylic acids is 1. The maximum atomic E-state index is 12.9. The molecule has 1 amide bonds. The summed E-state index contributed by atoms with van der Waals surface area (Å²) < 4.78 is 1.99. The highest BCUT2D eigenvalue weighted by atomic mass is 35.5. The number of para-hydroxylation sites is 1.